The van der Waals surface area contributed by atoms with Crippen molar-refractivity contribution in [3.63, 3.8) is 0 Å². The smallest absolute Gasteiger partial charge is 0.408 e. The molecule has 1 saturated heterocycles. The average Bonchev–Trinajstić information content (AvgIpc) is 2.96. The van der Waals surface area contributed by atoms with Crippen molar-refractivity contribution < 1.29 is 36.3 Å². The summed E-state index contributed by atoms with van der Waals surface area (Å²) in [6, 6.07) is 0.728. The number of hydrogen-bond acceptors (Lipinski definition) is 3. The number of halogens is 6. The minimum Gasteiger partial charge on any atom is -0.434 e. The van der Waals surface area contributed by atoms with Crippen molar-refractivity contribution in [1.29, 1.82) is 0 Å². The standard InChI is InChI=1S/C16H14ClF5N2O3/c17-11-9(18)2-1-8(12(11)19)13(6-3-7(4-6)16(20,21)22)24-14(25)10-5-23-15(26)27-10/h1-2,6-7,10,13H,3-5H2,(H,23,26)(H,24,25)/t6?,7?,10-,13-/m0/s1. The Bertz CT molecular complexity index is 767. The van der Waals surface area contributed by atoms with E-state index in [1.807, 2.05) is 0 Å². The molecule has 27 heavy (non-hydrogen) atoms. The third kappa shape index (κ3) is 3.95. The predicted molar refractivity (Wildman–Crippen MR) is 82.8 cm³/mol. The van der Waals surface area contributed by atoms with Crippen LogP contribution in [0.3, 0.4) is 0 Å². The number of carbonyl (C=O) groups excluding carboxylic acids is 2. The summed E-state index contributed by atoms with van der Waals surface area (Å²) in [4.78, 5) is 23.3. The summed E-state index contributed by atoms with van der Waals surface area (Å²) in [7, 11) is 0. The molecule has 1 heterocycles. The van der Waals surface area contributed by atoms with Crippen LogP contribution in [0.5, 0.6) is 0 Å². The van der Waals surface area contributed by atoms with Gasteiger partial charge in [0, 0.05) is 5.56 Å². The Balaban J connectivity index is 1.83. The van der Waals surface area contributed by atoms with E-state index in [1.165, 1.54) is 0 Å². The maximum absolute atomic E-state index is 14.4. The highest BCUT2D eigenvalue weighted by Crippen LogP contribution is 2.50. The summed E-state index contributed by atoms with van der Waals surface area (Å²) < 4.78 is 70.9. The van der Waals surface area contributed by atoms with Crippen LogP contribution in [0.1, 0.15) is 24.4 Å². The number of rotatable bonds is 4. The van der Waals surface area contributed by atoms with E-state index in [0.29, 0.717) is 0 Å². The lowest BCUT2D eigenvalue weighted by Gasteiger charge is -2.41. The third-order valence-electron chi connectivity index (χ3n) is 4.78. The van der Waals surface area contributed by atoms with Gasteiger partial charge < -0.3 is 15.4 Å². The molecule has 3 rings (SSSR count). The Kier molecular flexibility index (Phi) is 5.20. The molecule has 1 saturated carbocycles. The first-order valence-corrected chi connectivity index (χ1v) is 8.40. The van der Waals surface area contributed by atoms with Crippen molar-refractivity contribution in [2.75, 3.05) is 6.54 Å². The van der Waals surface area contributed by atoms with Crippen LogP contribution in [0.15, 0.2) is 12.1 Å². The minimum absolute atomic E-state index is 0.125. The molecular weight excluding hydrogens is 399 g/mol. The van der Waals surface area contributed by atoms with Crippen LogP contribution in [0, 0.1) is 23.5 Å². The maximum atomic E-state index is 14.4. The van der Waals surface area contributed by atoms with Gasteiger partial charge in [-0.25, -0.2) is 13.6 Å². The molecule has 1 aliphatic heterocycles. The van der Waals surface area contributed by atoms with E-state index >= 15 is 0 Å². The predicted octanol–water partition coefficient (Wildman–Crippen LogP) is 3.47. The number of benzene rings is 1. The molecule has 148 valence electrons. The van der Waals surface area contributed by atoms with E-state index in [1.54, 1.807) is 0 Å². The van der Waals surface area contributed by atoms with Crippen LogP contribution in [-0.2, 0) is 9.53 Å². The molecule has 0 radical (unpaired) electrons. The molecule has 0 spiro atoms. The number of ether oxygens (including phenoxy) is 1. The van der Waals surface area contributed by atoms with Gasteiger partial charge in [-0.3, -0.25) is 4.79 Å². The van der Waals surface area contributed by atoms with Gasteiger partial charge >= 0.3 is 12.3 Å². The zero-order chi connectivity index (χ0) is 19.9. The molecule has 2 N–H and O–H groups in total. The van der Waals surface area contributed by atoms with E-state index in [9.17, 15) is 31.5 Å². The monoisotopic (exact) mass is 412 g/mol. The molecule has 11 heteroatoms. The van der Waals surface area contributed by atoms with Gasteiger partial charge in [-0.05, 0) is 24.8 Å². The van der Waals surface area contributed by atoms with Crippen LogP contribution >= 0.6 is 11.6 Å². The Morgan fingerprint density at radius 3 is 2.52 bits per heavy atom. The van der Waals surface area contributed by atoms with E-state index in [0.717, 1.165) is 12.1 Å². The van der Waals surface area contributed by atoms with Crippen molar-refractivity contribution in [2.24, 2.45) is 11.8 Å². The summed E-state index contributed by atoms with van der Waals surface area (Å²) >= 11 is 5.55. The number of amides is 2. The average molecular weight is 413 g/mol. The molecule has 5 nitrogen and oxygen atoms in total. The number of hydrogen-bond donors (Lipinski definition) is 2. The number of alkyl carbamates (subject to hydrolysis) is 1. The van der Waals surface area contributed by atoms with Gasteiger partial charge in [0.1, 0.15) is 16.7 Å². The summed E-state index contributed by atoms with van der Waals surface area (Å²) in [6.45, 7) is -0.125. The van der Waals surface area contributed by atoms with Gasteiger partial charge in [-0.1, -0.05) is 17.7 Å². The maximum Gasteiger partial charge on any atom is 0.408 e. The molecule has 0 unspecified atom stereocenters. The minimum atomic E-state index is -4.39. The lowest BCUT2D eigenvalue weighted by atomic mass is 9.69. The van der Waals surface area contributed by atoms with Crippen LogP contribution in [-0.4, -0.2) is 30.8 Å². The summed E-state index contributed by atoms with van der Waals surface area (Å²) in [6.07, 6.45) is -7.06. The zero-order valence-corrected chi connectivity index (χ0v) is 14.3. The summed E-state index contributed by atoms with van der Waals surface area (Å²) in [5.41, 5.74) is -0.224. The first-order valence-electron chi connectivity index (χ1n) is 8.03. The molecule has 0 bridgehead atoms. The number of cyclic esters (lactones) is 1. The molecule has 2 atom stereocenters. The van der Waals surface area contributed by atoms with Crippen molar-refractivity contribution in [2.45, 2.75) is 31.2 Å². The fourth-order valence-corrected chi connectivity index (χ4v) is 3.38. The SMILES string of the molecule is O=C1NC[C@@H](C(=O)N[C@H](c2ccc(F)c(Cl)c2F)C2CC(C(F)(F)F)C2)O1. The normalized spacial score (nSPS) is 26.0. The molecule has 1 aromatic rings. The highest BCUT2D eigenvalue weighted by Gasteiger charge is 2.51. The van der Waals surface area contributed by atoms with Crippen molar-refractivity contribution in [3.8, 4) is 0 Å². The number of nitrogens with one attached hydrogen (secondary N) is 2. The van der Waals surface area contributed by atoms with Crippen LogP contribution in [0.2, 0.25) is 5.02 Å². The van der Waals surface area contributed by atoms with Crippen molar-refractivity contribution in [3.05, 3.63) is 34.4 Å². The van der Waals surface area contributed by atoms with Gasteiger partial charge in [-0.15, -0.1) is 0 Å². The van der Waals surface area contributed by atoms with Gasteiger partial charge in [-0.2, -0.15) is 13.2 Å². The largest absolute Gasteiger partial charge is 0.434 e. The Morgan fingerprint density at radius 1 is 1.30 bits per heavy atom. The van der Waals surface area contributed by atoms with Crippen LogP contribution < -0.4 is 10.6 Å². The van der Waals surface area contributed by atoms with Crippen molar-refractivity contribution in [1.82, 2.24) is 10.6 Å². The fraction of sp³-hybridized carbons (Fsp3) is 0.500. The highest BCUT2D eigenvalue weighted by atomic mass is 35.5. The van der Waals surface area contributed by atoms with Gasteiger partial charge in [0.15, 0.2) is 6.10 Å². The molecule has 2 amide bonds. The lowest BCUT2D eigenvalue weighted by Crippen LogP contribution is -2.47. The topological polar surface area (TPSA) is 67.4 Å². The van der Waals surface area contributed by atoms with E-state index in [2.05, 4.69) is 10.6 Å². The third-order valence-corrected chi connectivity index (χ3v) is 5.13. The van der Waals surface area contributed by atoms with E-state index in [4.69, 9.17) is 16.3 Å². The molecular formula is C16H14ClF5N2O3. The zero-order valence-electron chi connectivity index (χ0n) is 13.6. The van der Waals surface area contributed by atoms with Gasteiger partial charge in [0.2, 0.25) is 0 Å². The lowest BCUT2D eigenvalue weighted by molar-refractivity contribution is -0.207. The second-order valence-corrected chi connectivity index (χ2v) is 6.87. The van der Waals surface area contributed by atoms with Crippen LogP contribution in [0.25, 0.3) is 0 Å². The molecule has 1 aromatic carbocycles. The summed E-state index contributed by atoms with van der Waals surface area (Å²) in [5.74, 6) is -5.28. The van der Waals surface area contributed by atoms with E-state index in [-0.39, 0.29) is 24.9 Å². The number of carbonyl (C=O) groups is 2. The van der Waals surface area contributed by atoms with Crippen molar-refractivity contribution >= 4 is 23.6 Å². The Morgan fingerprint density at radius 2 is 1.96 bits per heavy atom. The van der Waals surface area contributed by atoms with Crippen LogP contribution in [0.4, 0.5) is 26.7 Å². The fourth-order valence-electron chi connectivity index (χ4n) is 3.21. The molecule has 0 aromatic heterocycles. The second kappa shape index (κ2) is 7.14. The summed E-state index contributed by atoms with van der Waals surface area (Å²) in [5, 5.41) is 3.86. The van der Waals surface area contributed by atoms with E-state index < -0.39 is 58.8 Å². The first-order chi connectivity index (χ1) is 12.6. The van der Waals surface area contributed by atoms with Gasteiger partial charge in [0.25, 0.3) is 5.91 Å². The second-order valence-electron chi connectivity index (χ2n) is 6.50. The first kappa shape index (κ1) is 19.7. The molecule has 2 aliphatic rings. The quantitative estimate of drug-likeness (QED) is 0.588. The molecule has 2 fully saturated rings. The Hall–Kier alpha value is -2.10. The highest BCUT2D eigenvalue weighted by molar-refractivity contribution is 6.31. The Labute approximate surface area is 155 Å². The molecule has 1 aliphatic carbocycles. The van der Waals surface area contributed by atoms with Gasteiger partial charge in [0.05, 0.1) is 18.5 Å². The number of alkyl halides is 3.